The van der Waals surface area contributed by atoms with Gasteiger partial charge >= 0.3 is 8.03 Å². The Morgan fingerprint density at radius 1 is 0.960 bits per heavy atom. The maximum Gasteiger partial charge on any atom is 0.549 e. The van der Waals surface area contributed by atoms with Crippen LogP contribution in [0.25, 0.3) is 0 Å². The van der Waals surface area contributed by atoms with E-state index in [1.807, 2.05) is 6.07 Å². The van der Waals surface area contributed by atoms with Crippen LogP contribution < -0.4 is 5.30 Å². The fraction of sp³-hybridized carbons (Fsp3) is 0.381. The van der Waals surface area contributed by atoms with E-state index in [0.29, 0.717) is 17.5 Å². The van der Waals surface area contributed by atoms with Crippen molar-refractivity contribution in [3.8, 4) is 0 Å². The summed E-state index contributed by atoms with van der Waals surface area (Å²) < 4.78 is 17.6. The Hall–Kier alpha value is -1.83. The first-order chi connectivity index (χ1) is 12.1. The summed E-state index contributed by atoms with van der Waals surface area (Å²) in [5, 5.41) is 0.480. The Bertz CT molecular complexity index is 755. The van der Waals surface area contributed by atoms with Crippen LogP contribution >= 0.6 is 8.03 Å². The third-order valence-corrected chi connectivity index (χ3v) is 5.63. The number of ketones is 1. The van der Waals surface area contributed by atoms with Gasteiger partial charge in [-0.2, -0.15) is 0 Å². The zero-order valence-electron chi connectivity index (χ0n) is 15.5. The van der Waals surface area contributed by atoms with Crippen LogP contribution in [0.5, 0.6) is 0 Å². The van der Waals surface area contributed by atoms with Gasteiger partial charge in [0, 0.05) is 5.56 Å². The number of carbonyl (C=O) groups excluding carboxylic acids is 1. The lowest BCUT2D eigenvalue weighted by Gasteiger charge is -2.14. The van der Waals surface area contributed by atoms with Crippen molar-refractivity contribution in [2.45, 2.75) is 47.0 Å². The summed E-state index contributed by atoms with van der Waals surface area (Å²) in [5.41, 5.74) is 4.60. The summed E-state index contributed by atoms with van der Waals surface area (Å²) in [6.45, 7) is 8.40. The average molecular weight is 357 g/mol. The highest BCUT2D eigenvalue weighted by molar-refractivity contribution is 7.48. The molecule has 4 heteroatoms. The molecule has 132 valence electrons. The second-order valence-electron chi connectivity index (χ2n) is 5.87. The van der Waals surface area contributed by atoms with E-state index < -0.39 is 8.03 Å². The normalized spacial score (nSPS) is 11.4. The number of carbonyl (C=O) groups is 1. The van der Waals surface area contributed by atoms with E-state index in [1.165, 1.54) is 5.56 Å². The number of benzene rings is 2. The Labute approximate surface area is 151 Å². The van der Waals surface area contributed by atoms with Crippen molar-refractivity contribution in [3.63, 3.8) is 0 Å². The van der Waals surface area contributed by atoms with Crippen LogP contribution in [0.4, 0.5) is 0 Å². The summed E-state index contributed by atoms with van der Waals surface area (Å²) in [7, 11) is -2.03. The summed E-state index contributed by atoms with van der Waals surface area (Å²) in [5.74, 6) is -0.0602. The van der Waals surface area contributed by atoms with E-state index in [0.717, 1.165) is 36.0 Å². The van der Waals surface area contributed by atoms with Gasteiger partial charge in [0.2, 0.25) is 5.30 Å². The van der Waals surface area contributed by atoms with Crippen molar-refractivity contribution in [2.75, 3.05) is 6.61 Å². The monoisotopic (exact) mass is 357 g/mol. The number of hydrogen-bond donors (Lipinski definition) is 0. The van der Waals surface area contributed by atoms with Crippen LogP contribution in [0.3, 0.4) is 0 Å². The standard InChI is InChI=1S/C21H26O3P/c1-5-15-13-16(6-2)20(17(7-3)14-15)21(22)18-11-9-10-12-19(18)25(23)24-8-4/h9-14H,5-8H2,1-4H3/q+1. The molecule has 2 aromatic rings. The van der Waals surface area contributed by atoms with Crippen LogP contribution in [0, 0.1) is 0 Å². The Kier molecular flexibility index (Phi) is 7.04. The van der Waals surface area contributed by atoms with Gasteiger partial charge in [0.15, 0.2) is 5.78 Å². The van der Waals surface area contributed by atoms with Crippen LogP contribution in [-0.4, -0.2) is 12.4 Å². The molecule has 0 aliphatic heterocycles. The van der Waals surface area contributed by atoms with Gasteiger partial charge in [-0.1, -0.05) is 45.0 Å². The van der Waals surface area contributed by atoms with Crippen LogP contribution in [0.2, 0.25) is 0 Å². The zero-order valence-corrected chi connectivity index (χ0v) is 16.4. The molecule has 2 rings (SSSR count). The molecule has 0 N–H and O–H groups in total. The molecule has 0 spiro atoms. The highest BCUT2D eigenvalue weighted by atomic mass is 31.1. The minimum Gasteiger partial charge on any atom is -0.288 e. The highest BCUT2D eigenvalue weighted by Crippen LogP contribution is 2.27. The second-order valence-corrected chi connectivity index (χ2v) is 7.13. The van der Waals surface area contributed by atoms with Gasteiger partial charge in [0.1, 0.15) is 6.61 Å². The fourth-order valence-corrected chi connectivity index (χ4v) is 3.99. The van der Waals surface area contributed by atoms with Gasteiger partial charge in [0.25, 0.3) is 0 Å². The molecule has 0 aromatic heterocycles. The average Bonchev–Trinajstić information content (AvgIpc) is 2.66. The van der Waals surface area contributed by atoms with Crippen molar-refractivity contribution in [1.29, 1.82) is 0 Å². The van der Waals surface area contributed by atoms with Crippen molar-refractivity contribution < 1.29 is 13.9 Å². The fourth-order valence-electron chi connectivity index (χ4n) is 3.04. The molecule has 1 unspecified atom stereocenters. The molecule has 3 nitrogen and oxygen atoms in total. The number of hydrogen-bond acceptors (Lipinski definition) is 3. The SMILES string of the molecule is CCO[P+](=O)c1ccccc1C(=O)c1c(CC)cc(CC)cc1CC. The van der Waals surface area contributed by atoms with E-state index in [9.17, 15) is 9.36 Å². The number of aryl methyl sites for hydroxylation is 3. The van der Waals surface area contributed by atoms with Gasteiger partial charge in [-0.15, -0.1) is 4.52 Å². The third-order valence-electron chi connectivity index (χ3n) is 4.35. The summed E-state index contributed by atoms with van der Waals surface area (Å²) in [6, 6.07) is 11.3. The molecule has 0 saturated carbocycles. The lowest BCUT2D eigenvalue weighted by Crippen LogP contribution is -2.17. The molecule has 0 fully saturated rings. The molecule has 0 heterocycles. The molecular weight excluding hydrogens is 331 g/mol. The summed E-state index contributed by atoms with van der Waals surface area (Å²) in [6.07, 6.45) is 2.53. The molecule has 0 amide bonds. The van der Waals surface area contributed by atoms with E-state index in [-0.39, 0.29) is 5.78 Å². The Balaban J connectivity index is 2.61. The molecule has 0 aliphatic rings. The van der Waals surface area contributed by atoms with Gasteiger partial charge < -0.3 is 0 Å². The van der Waals surface area contributed by atoms with E-state index >= 15 is 0 Å². The topological polar surface area (TPSA) is 43.4 Å². The number of rotatable bonds is 8. The molecule has 0 aliphatic carbocycles. The van der Waals surface area contributed by atoms with Crippen LogP contribution in [-0.2, 0) is 28.4 Å². The minimum absolute atomic E-state index is 0.0602. The van der Waals surface area contributed by atoms with Crippen molar-refractivity contribution >= 4 is 19.1 Å². The van der Waals surface area contributed by atoms with Crippen molar-refractivity contribution in [2.24, 2.45) is 0 Å². The molecule has 2 aromatic carbocycles. The zero-order chi connectivity index (χ0) is 18.4. The van der Waals surface area contributed by atoms with E-state index in [4.69, 9.17) is 4.52 Å². The quantitative estimate of drug-likeness (QED) is 0.493. The lowest BCUT2D eigenvalue weighted by molar-refractivity contribution is 0.103. The first-order valence-electron chi connectivity index (χ1n) is 8.95. The van der Waals surface area contributed by atoms with Crippen molar-refractivity contribution in [1.82, 2.24) is 0 Å². The molecular formula is C21H26O3P+. The minimum atomic E-state index is -2.03. The Morgan fingerprint density at radius 2 is 1.56 bits per heavy atom. The largest absolute Gasteiger partial charge is 0.549 e. The molecule has 0 saturated heterocycles. The van der Waals surface area contributed by atoms with Crippen LogP contribution in [0.1, 0.15) is 60.3 Å². The van der Waals surface area contributed by atoms with Crippen molar-refractivity contribution in [3.05, 3.63) is 64.2 Å². The first-order valence-corrected chi connectivity index (χ1v) is 10.1. The molecule has 1 atom stereocenters. The molecule has 0 bridgehead atoms. The highest BCUT2D eigenvalue weighted by Gasteiger charge is 2.30. The van der Waals surface area contributed by atoms with Gasteiger partial charge in [-0.05, 0) is 59.6 Å². The Morgan fingerprint density at radius 3 is 2.08 bits per heavy atom. The maximum atomic E-state index is 13.4. The first kappa shape index (κ1) is 19.5. The summed E-state index contributed by atoms with van der Waals surface area (Å²) in [4.78, 5) is 13.4. The van der Waals surface area contributed by atoms with E-state index in [1.54, 1.807) is 25.1 Å². The van der Waals surface area contributed by atoms with Gasteiger partial charge in [-0.3, -0.25) is 4.79 Å². The summed E-state index contributed by atoms with van der Waals surface area (Å²) >= 11 is 0. The molecule has 0 radical (unpaired) electrons. The van der Waals surface area contributed by atoms with Crippen LogP contribution in [0.15, 0.2) is 36.4 Å². The van der Waals surface area contributed by atoms with Gasteiger partial charge in [0.05, 0.1) is 5.56 Å². The second kappa shape index (κ2) is 9.03. The molecule has 25 heavy (non-hydrogen) atoms. The predicted octanol–water partition coefficient (Wildman–Crippen LogP) is 5.01. The van der Waals surface area contributed by atoms with E-state index in [2.05, 4.69) is 32.9 Å². The predicted molar refractivity (Wildman–Crippen MR) is 103 cm³/mol. The maximum absolute atomic E-state index is 13.4. The smallest absolute Gasteiger partial charge is 0.288 e. The third kappa shape index (κ3) is 4.23. The van der Waals surface area contributed by atoms with Gasteiger partial charge in [-0.25, -0.2) is 0 Å². The lowest BCUT2D eigenvalue weighted by atomic mass is 9.89.